The van der Waals surface area contributed by atoms with E-state index in [2.05, 4.69) is 26.1 Å². The largest absolute Gasteiger partial charge is 0.436 e. The van der Waals surface area contributed by atoms with E-state index in [9.17, 15) is 18.0 Å². The number of amides is 1. The van der Waals surface area contributed by atoms with Crippen molar-refractivity contribution in [3.05, 3.63) is 33.8 Å². The van der Waals surface area contributed by atoms with Crippen molar-refractivity contribution in [1.29, 1.82) is 0 Å². The lowest BCUT2D eigenvalue weighted by atomic mass is 10.3. The van der Waals surface area contributed by atoms with Gasteiger partial charge in [-0.1, -0.05) is 0 Å². The summed E-state index contributed by atoms with van der Waals surface area (Å²) in [6, 6.07) is 0. The molecule has 0 saturated heterocycles. The van der Waals surface area contributed by atoms with Crippen LogP contribution in [-0.2, 0) is 30.6 Å². The fraction of sp³-hybridized carbons (Fsp3) is 0.500. The third-order valence-electron chi connectivity index (χ3n) is 3.54. The zero-order chi connectivity index (χ0) is 18.1. The maximum atomic E-state index is 12.9. The fourth-order valence-electron chi connectivity index (χ4n) is 2.13. The van der Waals surface area contributed by atoms with Gasteiger partial charge in [0, 0.05) is 31.9 Å². The average molecular weight is 408 g/mol. The molecule has 0 atom stereocenters. The Morgan fingerprint density at radius 2 is 2.08 bits per heavy atom. The molecule has 0 N–H and O–H groups in total. The lowest BCUT2D eigenvalue weighted by Gasteiger charge is -2.16. The first-order chi connectivity index (χ1) is 11.1. The summed E-state index contributed by atoms with van der Waals surface area (Å²) >= 11 is 2.89. The Balaban J connectivity index is 2.09. The van der Waals surface area contributed by atoms with E-state index in [0.29, 0.717) is 6.54 Å². The molecule has 2 aromatic heterocycles. The highest BCUT2D eigenvalue weighted by atomic mass is 79.9. The molecule has 6 nitrogen and oxygen atoms in total. The molecule has 10 heteroatoms. The molecule has 2 heterocycles. The van der Waals surface area contributed by atoms with Crippen molar-refractivity contribution in [3.8, 4) is 0 Å². The van der Waals surface area contributed by atoms with Crippen molar-refractivity contribution in [2.45, 2.75) is 39.7 Å². The number of carbonyl (C=O) groups excluding carboxylic acids is 1. The van der Waals surface area contributed by atoms with Crippen molar-refractivity contribution in [1.82, 2.24) is 24.5 Å². The molecular formula is C14H17BrF3N5O. The van der Waals surface area contributed by atoms with Crippen LogP contribution in [0.2, 0.25) is 0 Å². The maximum absolute atomic E-state index is 12.9. The van der Waals surface area contributed by atoms with E-state index < -0.39 is 11.9 Å². The first kappa shape index (κ1) is 18.5. The smallest absolute Gasteiger partial charge is 0.340 e. The number of carbonyl (C=O) groups is 1. The van der Waals surface area contributed by atoms with Gasteiger partial charge in [-0.05, 0) is 29.8 Å². The third-order valence-corrected chi connectivity index (χ3v) is 4.49. The molecule has 0 bridgehead atoms. The summed E-state index contributed by atoms with van der Waals surface area (Å²) in [7, 11) is 1.59. The van der Waals surface area contributed by atoms with Gasteiger partial charge in [-0.3, -0.25) is 14.2 Å². The van der Waals surface area contributed by atoms with E-state index in [1.54, 1.807) is 17.9 Å². The third kappa shape index (κ3) is 3.97. The number of nitrogens with zero attached hydrogens (tertiary/aromatic N) is 5. The molecule has 0 saturated carbocycles. The summed E-state index contributed by atoms with van der Waals surface area (Å²) < 4.78 is 41.2. The second-order valence-electron chi connectivity index (χ2n) is 5.36. The zero-order valence-corrected chi connectivity index (χ0v) is 15.0. The Hall–Kier alpha value is -1.84. The number of halogens is 4. The molecule has 0 unspecified atom stereocenters. The first-order valence-corrected chi connectivity index (χ1v) is 7.98. The van der Waals surface area contributed by atoms with Crippen LogP contribution in [0.1, 0.15) is 23.9 Å². The maximum Gasteiger partial charge on any atom is 0.436 e. The van der Waals surface area contributed by atoms with Crippen molar-refractivity contribution in [2.24, 2.45) is 0 Å². The molecule has 0 aliphatic carbocycles. The van der Waals surface area contributed by atoms with Crippen LogP contribution in [0.15, 0.2) is 16.9 Å². The molecule has 0 radical (unpaired) electrons. The van der Waals surface area contributed by atoms with E-state index in [-0.39, 0.29) is 22.6 Å². The summed E-state index contributed by atoms with van der Waals surface area (Å²) in [5.41, 5.74) is 0.0737. The van der Waals surface area contributed by atoms with Gasteiger partial charge in [0.1, 0.15) is 6.54 Å². The minimum atomic E-state index is -4.57. The van der Waals surface area contributed by atoms with Crippen LogP contribution in [0.25, 0.3) is 0 Å². The van der Waals surface area contributed by atoms with Crippen LogP contribution < -0.4 is 0 Å². The van der Waals surface area contributed by atoms with Crippen LogP contribution in [0.3, 0.4) is 0 Å². The molecule has 2 rings (SSSR count). The molecule has 0 fully saturated rings. The molecule has 0 aliphatic rings. The van der Waals surface area contributed by atoms with Gasteiger partial charge in [-0.2, -0.15) is 23.4 Å². The van der Waals surface area contributed by atoms with Crippen LogP contribution >= 0.6 is 15.9 Å². The highest BCUT2D eigenvalue weighted by Gasteiger charge is 2.38. The second-order valence-corrected chi connectivity index (χ2v) is 6.15. The Morgan fingerprint density at radius 1 is 1.42 bits per heavy atom. The number of likely N-dealkylation sites (N-methyl/N-ethyl adjacent to an activating group) is 1. The molecular weight excluding hydrogens is 391 g/mol. The number of alkyl halides is 3. The van der Waals surface area contributed by atoms with Gasteiger partial charge in [0.05, 0.1) is 16.4 Å². The van der Waals surface area contributed by atoms with Crippen molar-refractivity contribution >= 4 is 21.8 Å². The Labute approximate surface area is 145 Å². The van der Waals surface area contributed by atoms with Crippen LogP contribution in [-0.4, -0.2) is 37.4 Å². The summed E-state index contributed by atoms with van der Waals surface area (Å²) in [4.78, 5) is 13.7. The predicted octanol–water partition coefficient (Wildman–Crippen LogP) is 2.85. The zero-order valence-electron chi connectivity index (χ0n) is 13.4. The van der Waals surface area contributed by atoms with Crippen LogP contribution in [0.5, 0.6) is 0 Å². The molecule has 1 amide bonds. The quantitative estimate of drug-likeness (QED) is 0.765. The molecule has 0 spiro atoms. The minimum absolute atomic E-state index is 0.144. The lowest BCUT2D eigenvalue weighted by Crippen LogP contribution is -2.30. The summed E-state index contributed by atoms with van der Waals surface area (Å²) in [5, 5.41) is 7.63. The van der Waals surface area contributed by atoms with Crippen LogP contribution in [0.4, 0.5) is 13.2 Å². The fourth-order valence-corrected chi connectivity index (χ4v) is 2.64. The monoisotopic (exact) mass is 407 g/mol. The topological polar surface area (TPSA) is 56.0 Å². The van der Waals surface area contributed by atoms with Crippen molar-refractivity contribution < 1.29 is 18.0 Å². The minimum Gasteiger partial charge on any atom is -0.340 e. The normalized spacial score (nSPS) is 11.8. The highest BCUT2D eigenvalue weighted by molar-refractivity contribution is 9.10. The lowest BCUT2D eigenvalue weighted by molar-refractivity contribution is -0.142. The molecule has 0 aromatic carbocycles. The van der Waals surface area contributed by atoms with Gasteiger partial charge in [-0.15, -0.1) is 0 Å². The van der Waals surface area contributed by atoms with E-state index in [0.717, 1.165) is 16.8 Å². The molecule has 2 aromatic rings. The number of aromatic nitrogens is 4. The van der Waals surface area contributed by atoms with Gasteiger partial charge in [0.2, 0.25) is 5.91 Å². The van der Waals surface area contributed by atoms with Gasteiger partial charge in [0.15, 0.2) is 5.69 Å². The summed E-state index contributed by atoms with van der Waals surface area (Å²) in [5.74, 6) is -0.342. The summed E-state index contributed by atoms with van der Waals surface area (Å²) in [6.07, 6.45) is -1.09. The number of hydrogen-bond donors (Lipinski definition) is 0. The number of aryl methyl sites for hydroxylation is 1. The van der Waals surface area contributed by atoms with Crippen LogP contribution in [0, 0.1) is 6.92 Å². The van der Waals surface area contributed by atoms with Crippen molar-refractivity contribution in [3.63, 3.8) is 0 Å². The Bertz CT molecular complexity index is 737. The first-order valence-electron chi connectivity index (χ1n) is 7.18. The SMILES string of the molecule is CCn1cc(CN(C)C(=O)Cn2nc(C(F)(F)F)c(Br)c2C)cn1. The Kier molecular flexibility index (Phi) is 5.36. The standard InChI is InChI=1S/C14H17BrF3N5O/c1-4-22-7-10(5-19-22)6-21(3)11(24)8-23-9(2)12(15)13(20-23)14(16,17)18/h5,7H,4,6,8H2,1-3H3. The average Bonchev–Trinajstić information content (AvgIpc) is 3.06. The van der Waals surface area contributed by atoms with E-state index in [4.69, 9.17) is 0 Å². The molecule has 132 valence electrons. The summed E-state index contributed by atoms with van der Waals surface area (Å²) in [6.45, 7) is 4.21. The molecule has 0 aliphatic heterocycles. The Morgan fingerprint density at radius 3 is 2.58 bits per heavy atom. The second kappa shape index (κ2) is 6.96. The van der Waals surface area contributed by atoms with Gasteiger partial charge in [0.25, 0.3) is 0 Å². The van der Waals surface area contributed by atoms with E-state index >= 15 is 0 Å². The highest BCUT2D eigenvalue weighted by Crippen LogP contribution is 2.35. The van der Waals surface area contributed by atoms with Crippen molar-refractivity contribution in [2.75, 3.05) is 7.05 Å². The van der Waals surface area contributed by atoms with E-state index in [1.807, 2.05) is 13.1 Å². The predicted molar refractivity (Wildman–Crippen MR) is 84.0 cm³/mol. The van der Waals surface area contributed by atoms with Gasteiger partial charge >= 0.3 is 6.18 Å². The number of hydrogen-bond acceptors (Lipinski definition) is 3. The van der Waals surface area contributed by atoms with Gasteiger partial charge < -0.3 is 4.90 Å². The van der Waals surface area contributed by atoms with Gasteiger partial charge in [-0.25, -0.2) is 0 Å². The molecule has 24 heavy (non-hydrogen) atoms. The van der Waals surface area contributed by atoms with E-state index in [1.165, 1.54) is 11.8 Å². The number of rotatable bonds is 5.